The van der Waals surface area contributed by atoms with Crippen LogP contribution in [0.3, 0.4) is 0 Å². The molecule has 0 rings (SSSR count). The van der Waals surface area contributed by atoms with Crippen LogP contribution in [0.1, 0.15) is 73.1 Å². The highest BCUT2D eigenvalue weighted by molar-refractivity contribution is 5.90. The van der Waals surface area contributed by atoms with Crippen LogP contribution in [0.5, 0.6) is 0 Å². The lowest BCUT2D eigenvalue weighted by Gasteiger charge is -2.11. The van der Waals surface area contributed by atoms with Gasteiger partial charge in [0.2, 0.25) is 0 Å². The first-order valence-electron chi connectivity index (χ1n) is 8.06. The molecule has 0 aliphatic heterocycles. The van der Waals surface area contributed by atoms with Gasteiger partial charge < -0.3 is 0 Å². The minimum absolute atomic E-state index is 0.208. The van der Waals surface area contributed by atoms with Crippen LogP contribution in [0.25, 0.3) is 0 Å². The van der Waals surface area contributed by atoms with E-state index in [-0.39, 0.29) is 5.78 Å². The zero-order chi connectivity index (χ0) is 15.4. The molecule has 20 heavy (non-hydrogen) atoms. The Kier molecular flexibility index (Phi) is 11.0. The number of ketones is 1. The smallest absolute Gasteiger partial charge is 0.155 e. The number of hydrogen-bond donors (Lipinski definition) is 0. The zero-order valence-electron chi connectivity index (χ0n) is 14.0. The van der Waals surface area contributed by atoms with E-state index in [9.17, 15) is 4.79 Å². The molecule has 0 aromatic carbocycles. The molecular weight excluding hydrogens is 244 g/mol. The Morgan fingerprint density at radius 3 is 2.35 bits per heavy atom. The number of hydrogen-bond acceptors (Lipinski definition) is 1. The Labute approximate surface area is 125 Å². The average Bonchev–Trinajstić information content (AvgIpc) is 2.44. The summed E-state index contributed by atoms with van der Waals surface area (Å²) in [5.41, 5.74) is 2.56. The van der Waals surface area contributed by atoms with Crippen molar-refractivity contribution in [2.75, 3.05) is 0 Å². The van der Waals surface area contributed by atoms with E-state index in [0.29, 0.717) is 6.42 Å². The van der Waals surface area contributed by atoms with Gasteiger partial charge in [-0.25, -0.2) is 0 Å². The van der Waals surface area contributed by atoms with Crippen molar-refractivity contribution in [2.45, 2.75) is 73.1 Å². The Balaban J connectivity index is 4.18. The highest BCUT2D eigenvalue weighted by Gasteiger charge is 2.03. The van der Waals surface area contributed by atoms with Crippen LogP contribution < -0.4 is 0 Å². The van der Waals surface area contributed by atoms with E-state index < -0.39 is 0 Å². The van der Waals surface area contributed by atoms with Gasteiger partial charge >= 0.3 is 0 Å². The zero-order valence-corrected chi connectivity index (χ0v) is 14.0. The molecule has 0 aliphatic rings. The largest absolute Gasteiger partial charge is 0.295 e. The summed E-state index contributed by atoms with van der Waals surface area (Å²) in [6.07, 6.45) is 15.0. The van der Waals surface area contributed by atoms with Crippen molar-refractivity contribution in [3.05, 3.63) is 35.5 Å². The molecule has 0 radical (unpaired) electrons. The maximum absolute atomic E-state index is 11.3. The number of carbonyl (C=O) groups excluding carboxylic acids is 1. The fourth-order valence-corrected chi connectivity index (χ4v) is 2.05. The van der Waals surface area contributed by atoms with Crippen molar-refractivity contribution >= 4 is 5.78 Å². The molecule has 0 N–H and O–H groups in total. The number of rotatable bonds is 10. The molecule has 0 saturated carbocycles. The summed E-state index contributed by atoms with van der Waals surface area (Å²) in [5, 5.41) is 0. The maximum Gasteiger partial charge on any atom is 0.155 e. The van der Waals surface area contributed by atoms with E-state index in [1.165, 1.54) is 24.8 Å². The standard InChI is InChI=1S/C19H32O/c1-6-16(4)11-9-13-18(7-2)14-10-12-17(5)15-19(20)8-3/h10-12,15,18H,6-9,13-14H2,1-5H3. The van der Waals surface area contributed by atoms with E-state index in [1.807, 2.05) is 13.8 Å². The maximum atomic E-state index is 11.3. The lowest BCUT2D eigenvalue weighted by atomic mass is 9.95. The van der Waals surface area contributed by atoms with Crippen LogP contribution in [0.4, 0.5) is 0 Å². The monoisotopic (exact) mass is 276 g/mol. The Morgan fingerprint density at radius 1 is 1.10 bits per heavy atom. The van der Waals surface area contributed by atoms with Crippen molar-refractivity contribution in [1.29, 1.82) is 0 Å². The van der Waals surface area contributed by atoms with E-state index in [4.69, 9.17) is 0 Å². The quantitative estimate of drug-likeness (QED) is 0.271. The molecule has 1 unspecified atom stereocenters. The summed E-state index contributed by atoms with van der Waals surface area (Å²) in [6.45, 7) is 10.6. The normalized spacial score (nSPS) is 14.8. The molecular formula is C19H32O. The topological polar surface area (TPSA) is 17.1 Å². The molecule has 1 atom stereocenters. The number of carbonyl (C=O) groups is 1. The molecule has 0 aromatic rings. The van der Waals surface area contributed by atoms with Gasteiger partial charge in [0.25, 0.3) is 0 Å². The van der Waals surface area contributed by atoms with Gasteiger partial charge in [-0.2, -0.15) is 0 Å². The Hall–Kier alpha value is -1.11. The summed E-state index contributed by atoms with van der Waals surface area (Å²) >= 11 is 0. The van der Waals surface area contributed by atoms with Gasteiger partial charge in [0.15, 0.2) is 5.78 Å². The highest BCUT2D eigenvalue weighted by Crippen LogP contribution is 2.18. The van der Waals surface area contributed by atoms with Crippen LogP contribution in [-0.4, -0.2) is 5.78 Å². The lowest BCUT2D eigenvalue weighted by molar-refractivity contribution is -0.114. The summed E-state index contributed by atoms with van der Waals surface area (Å²) < 4.78 is 0. The summed E-state index contributed by atoms with van der Waals surface area (Å²) in [4.78, 5) is 11.3. The van der Waals surface area contributed by atoms with Crippen LogP contribution in [0.2, 0.25) is 0 Å². The first-order chi connectivity index (χ1) is 9.53. The molecule has 1 nitrogen and oxygen atoms in total. The van der Waals surface area contributed by atoms with Gasteiger partial charge in [-0.05, 0) is 57.1 Å². The van der Waals surface area contributed by atoms with Crippen molar-refractivity contribution in [3.63, 3.8) is 0 Å². The number of allylic oxidation sites excluding steroid dienone is 6. The molecule has 114 valence electrons. The minimum Gasteiger partial charge on any atom is -0.295 e. The average molecular weight is 276 g/mol. The second kappa shape index (κ2) is 11.7. The summed E-state index contributed by atoms with van der Waals surface area (Å²) in [6, 6.07) is 0. The predicted octanol–water partition coefficient (Wildman–Crippen LogP) is 6.02. The van der Waals surface area contributed by atoms with Gasteiger partial charge in [-0.1, -0.05) is 51.0 Å². The van der Waals surface area contributed by atoms with E-state index in [0.717, 1.165) is 24.3 Å². The molecule has 0 aromatic heterocycles. The van der Waals surface area contributed by atoms with Crippen molar-refractivity contribution in [1.82, 2.24) is 0 Å². The predicted molar refractivity (Wildman–Crippen MR) is 89.9 cm³/mol. The third-order valence-corrected chi connectivity index (χ3v) is 3.79. The van der Waals surface area contributed by atoms with Crippen LogP contribution in [0.15, 0.2) is 35.5 Å². The Morgan fingerprint density at radius 2 is 1.80 bits per heavy atom. The van der Waals surface area contributed by atoms with Crippen LogP contribution in [-0.2, 0) is 4.79 Å². The highest BCUT2D eigenvalue weighted by atomic mass is 16.1. The summed E-state index contributed by atoms with van der Waals surface area (Å²) in [5.74, 6) is 0.959. The van der Waals surface area contributed by atoms with Gasteiger partial charge in [0.1, 0.15) is 0 Å². The molecule has 0 bridgehead atoms. The van der Waals surface area contributed by atoms with Gasteiger partial charge in [-0.3, -0.25) is 4.79 Å². The molecule has 0 amide bonds. The van der Waals surface area contributed by atoms with Gasteiger partial charge in [0, 0.05) is 6.42 Å². The first-order valence-corrected chi connectivity index (χ1v) is 8.06. The van der Waals surface area contributed by atoms with E-state index >= 15 is 0 Å². The molecule has 1 heteroatoms. The van der Waals surface area contributed by atoms with Gasteiger partial charge in [-0.15, -0.1) is 0 Å². The third-order valence-electron chi connectivity index (χ3n) is 3.79. The molecule has 0 saturated heterocycles. The molecule has 0 fully saturated rings. The summed E-state index contributed by atoms with van der Waals surface area (Å²) in [7, 11) is 0. The minimum atomic E-state index is 0.208. The lowest BCUT2D eigenvalue weighted by Crippen LogP contribution is -1.96. The third kappa shape index (κ3) is 9.77. The molecule has 0 spiro atoms. The van der Waals surface area contributed by atoms with Crippen molar-refractivity contribution < 1.29 is 4.79 Å². The van der Waals surface area contributed by atoms with Crippen molar-refractivity contribution in [3.8, 4) is 0 Å². The van der Waals surface area contributed by atoms with Crippen LogP contribution in [0, 0.1) is 5.92 Å². The fraction of sp³-hybridized carbons (Fsp3) is 0.632. The van der Waals surface area contributed by atoms with E-state index in [2.05, 4.69) is 39.0 Å². The van der Waals surface area contributed by atoms with Gasteiger partial charge in [0.05, 0.1) is 0 Å². The molecule has 0 aliphatic carbocycles. The second-order valence-electron chi connectivity index (χ2n) is 5.60. The Bertz CT molecular complexity index is 358. The van der Waals surface area contributed by atoms with Crippen LogP contribution >= 0.6 is 0 Å². The fourth-order valence-electron chi connectivity index (χ4n) is 2.05. The van der Waals surface area contributed by atoms with Crippen molar-refractivity contribution in [2.24, 2.45) is 5.92 Å². The first kappa shape index (κ1) is 18.9. The van der Waals surface area contributed by atoms with E-state index in [1.54, 1.807) is 6.08 Å². The molecule has 0 heterocycles. The SMILES string of the molecule is CCC(=O)C=C(C)C=CCC(CC)CCC=C(C)CC. The second-order valence-corrected chi connectivity index (χ2v) is 5.60.